The molecule has 4 heteroatoms. The fraction of sp³-hybridized carbons (Fsp3) is 0.500. The number of fused-ring (bicyclic) bond motifs is 2. The van der Waals surface area contributed by atoms with Crippen LogP contribution in [0, 0.1) is 11.8 Å². The van der Waals surface area contributed by atoms with Crippen LogP contribution in [0.2, 0.25) is 0 Å². The molecule has 0 amide bonds. The Morgan fingerprint density at radius 3 is 2.72 bits per heavy atom. The minimum absolute atomic E-state index is 0.474. The summed E-state index contributed by atoms with van der Waals surface area (Å²) in [5.74, 6) is 2.66. The largest absolute Gasteiger partial charge is 0.330 e. The minimum atomic E-state index is 0.474. The van der Waals surface area contributed by atoms with Gasteiger partial charge in [-0.25, -0.2) is 4.98 Å². The first-order valence-electron chi connectivity index (χ1n) is 6.62. The summed E-state index contributed by atoms with van der Waals surface area (Å²) in [6.45, 7) is 3.25. The van der Waals surface area contributed by atoms with Crippen LogP contribution in [0.3, 0.4) is 0 Å². The third kappa shape index (κ3) is 1.42. The lowest BCUT2D eigenvalue weighted by Crippen LogP contribution is -2.28. The van der Waals surface area contributed by atoms with Crippen LogP contribution in [0.15, 0.2) is 24.3 Å². The highest BCUT2D eigenvalue weighted by molar-refractivity contribution is 5.75. The summed E-state index contributed by atoms with van der Waals surface area (Å²) in [5, 5.41) is 0. The quantitative estimate of drug-likeness (QED) is 0.853. The summed E-state index contributed by atoms with van der Waals surface area (Å²) in [5.41, 5.74) is 8.28. The molecule has 0 spiro atoms. The number of nitrogens with two attached hydrogens (primary N) is 1. The van der Waals surface area contributed by atoms with E-state index in [2.05, 4.69) is 34.7 Å². The van der Waals surface area contributed by atoms with Gasteiger partial charge in [-0.2, -0.15) is 0 Å². The number of hydrogen-bond donors (Lipinski definition) is 1. The molecule has 1 aliphatic carbocycles. The first kappa shape index (κ1) is 10.5. The van der Waals surface area contributed by atoms with Gasteiger partial charge in [0.25, 0.3) is 0 Å². The van der Waals surface area contributed by atoms with Crippen LogP contribution in [-0.2, 0) is 13.6 Å². The van der Waals surface area contributed by atoms with Gasteiger partial charge in [0.05, 0.1) is 17.6 Å². The van der Waals surface area contributed by atoms with E-state index in [-0.39, 0.29) is 0 Å². The monoisotopic (exact) mass is 242 g/mol. The number of hydrogen-bond acceptors (Lipinski definition) is 3. The molecule has 3 atom stereocenters. The topological polar surface area (TPSA) is 47.1 Å². The molecule has 4 nitrogen and oxygen atoms in total. The Labute approximate surface area is 106 Å². The number of likely N-dealkylation sites (tertiary alicyclic amines) is 1. The summed E-state index contributed by atoms with van der Waals surface area (Å²) < 4.78 is 2.21. The second kappa shape index (κ2) is 3.56. The summed E-state index contributed by atoms with van der Waals surface area (Å²) in [6.07, 6.45) is 0. The molecule has 1 saturated carbocycles. The molecule has 1 unspecified atom stereocenters. The predicted molar refractivity (Wildman–Crippen MR) is 70.9 cm³/mol. The molecule has 0 radical (unpaired) electrons. The van der Waals surface area contributed by atoms with Crippen molar-refractivity contribution < 1.29 is 0 Å². The maximum atomic E-state index is 5.97. The zero-order chi connectivity index (χ0) is 12.3. The van der Waals surface area contributed by atoms with E-state index in [9.17, 15) is 0 Å². The van der Waals surface area contributed by atoms with Crippen molar-refractivity contribution in [3.8, 4) is 0 Å². The van der Waals surface area contributed by atoms with Crippen molar-refractivity contribution in [3.63, 3.8) is 0 Å². The molecular formula is C14H18N4. The second-order valence-corrected chi connectivity index (χ2v) is 5.67. The van der Waals surface area contributed by atoms with Gasteiger partial charge < -0.3 is 10.3 Å². The standard InChI is InChI=1S/C14H18N4/c1-17-12-5-3-2-4-11(12)16-13(17)8-18-6-9-10(7-18)14(9)15/h2-5,9-10,14H,6-8,15H2,1H3/t9-,10+,14?. The van der Waals surface area contributed by atoms with E-state index in [1.807, 2.05) is 6.07 Å². The number of aryl methyl sites for hydroxylation is 1. The van der Waals surface area contributed by atoms with Gasteiger partial charge in [0.15, 0.2) is 0 Å². The van der Waals surface area contributed by atoms with Crippen LogP contribution in [0.25, 0.3) is 11.0 Å². The highest BCUT2D eigenvalue weighted by Gasteiger charge is 2.53. The van der Waals surface area contributed by atoms with Crippen molar-refractivity contribution in [1.82, 2.24) is 14.5 Å². The molecule has 4 rings (SSSR count). The summed E-state index contributed by atoms with van der Waals surface area (Å²) in [6, 6.07) is 8.79. The van der Waals surface area contributed by atoms with Gasteiger partial charge in [-0.3, -0.25) is 4.90 Å². The first-order valence-corrected chi connectivity index (χ1v) is 6.62. The molecule has 1 saturated heterocycles. The van der Waals surface area contributed by atoms with Crippen molar-refractivity contribution in [2.24, 2.45) is 24.6 Å². The van der Waals surface area contributed by atoms with Crippen LogP contribution in [0.1, 0.15) is 5.82 Å². The molecule has 94 valence electrons. The maximum absolute atomic E-state index is 5.97. The zero-order valence-corrected chi connectivity index (χ0v) is 10.6. The number of benzene rings is 1. The van der Waals surface area contributed by atoms with Crippen molar-refractivity contribution in [2.45, 2.75) is 12.6 Å². The Morgan fingerprint density at radius 1 is 1.28 bits per heavy atom. The number of piperidine rings is 1. The molecule has 0 bridgehead atoms. The van der Waals surface area contributed by atoms with Gasteiger partial charge in [0, 0.05) is 26.2 Å². The van der Waals surface area contributed by atoms with Crippen molar-refractivity contribution >= 4 is 11.0 Å². The average Bonchev–Trinajstić information content (AvgIpc) is 2.78. The third-order valence-corrected chi connectivity index (χ3v) is 4.58. The molecule has 2 aromatic rings. The number of rotatable bonds is 2. The Balaban J connectivity index is 1.58. The van der Waals surface area contributed by atoms with Crippen LogP contribution >= 0.6 is 0 Å². The molecule has 1 aromatic heterocycles. The normalized spacial score (nSPS) is 30.9. The minimum Gasteiger partial charge on any atom is -0.330 e. The van der Waals surface area contributed by atoms with Gasteiger partial charge in [-0.05, 0) is 24.0 Å². The number of aromatic nitrogens is 2. The van der Waals surface area contributed by atoms with E-state index < -0.39 is 0 Å². The van der Waals surface area contributed by atoms with Crippen molar-refractivity contribution in [2.75, 3.05) is 13.1 Å². The van der Waals surface area contributed by atoms with Crippen molar-refractivity contribution in [3.05, 3.63) is 30.1 Å². The molecule has 1 aromatic carbocycles. The van der Waals surface area contributed by atoms with E-state index in [0.717, 1.165) is 42.8 Å². The molecule has 18 heavy (non-hydrogen) atoms. The highest BCUT2D eigenvalue weighted by Crippen LogP contribution is 2.44. The Hall–Kier alpha value is -1.39. The van der Waals surface area contributed by atoms with Gasteiger partial charge in [-0.15, -0.1) is 0 Å². The van der Waals surface area contributed by atoms with Gasteiger partial charge in [0.2, 0.25) is 0 Å². The predicted octanol–water partition coefficient (Wildman–Crippen LogP) is 0.962. The second-order valence-electron chi connectivity index (χ2n) is 5.67. The fourth-order valence-corrected chi connectivity index (χ4v) is 3.33. The van der Waals surface area contributed by atoms with E-state index in [0.29, 0.717) is 6.04 Å². The van der Waals surface area contributed by atoms with E-state index in [1.165, 1.54) is 5.52 Å². The molecule has 1 aliphatic heterocycles. The SMILES string of the molecule is Cn1c(CN2C[C@@H]3C(N)[C@@H]3C2)nc2ccccc21. The van der Waals surface area contributed by atoms with Crippen molar-refractivity contribution in [1.29, 1.82) is 0 Å². The lowest BCUT2D eigenvalue weighted by molar-refractivity contribution is 0.280. The molecule has 2 N–H and O–H groups in total. The zero-order valence-electron chi connectivity index (χ0n) is 10.6. The lowest BCUT2D eigenvalue weighted by atomic mass is 10.3. The number of nitrogens with zero attached hydrogens (tertiary/aromatic N) is 3. The maximum Gasteiger partial charge on any atom is 0.123 e. The van der Waals surface area contributed by atoms with Crippen LogP contribution in [-0.4, -0.2) is 33.6 Å². The van der Waals surface area contributed by atoms with E-state index in [1.54, 1.807) is 0 Å². The fourth-order valence-electron chi connectivity index (χ4n) is 3.33. The Kier molecular flexibility index (Phi) is 2.08. The lowest BCUT2D eigenvalue weighted by Gasteiger charge is -2.17. The van der Waals surface area contributed by atoms with Crippen LogP contribution in [0.4, 0.5) is 0 Å². The number of para-hydroxylation sites is 2. The first-order chi connectivity index (χ1) is 8.74. The summed E-state index contributed by atoms with van der Waals surface area (Å²) >= 11 is 0. The molecule has 2 fully saturated rings. The van der Waals surface area contributed by atoms with E-state index in [4.69, 9.17) is 10.7 Å². The van der Waals surface area contributed by atoms with Crippen LogP contribution < -0.4 is 5.73 Å². The summed E-state index contributed by atoms with van der Waals surface area (Å²) in [4.78, 5) is 7.21. The highest BCUT2D eigenvalue weighted by atomic mass is 15.2. The Morgan fingerprint density at radius 2 is 2.00 bits per heavy atom. The van der Waals surface area contributed by atoms with Gasteiger partial charge in [-0.1, -0.05) is 12.1 Å². The molecule has 2 aliphatic rings. The Bertz CT molecular complexity index is 591. The smallest absolute Gasteiger partial charge is 0.123 e. The van der Waals surface area contributed by atoms with E-state index >= 15 is 0 Å². The van der Waals surface area contributed by atoms with Gasteiger partial charge >= 0.3 is 0 Å². The number of imidazole rings is 1. The molecule has 2 heterocycles. The van der Waals surface area contributed by atoms with Crippen LogP contribution in [0.5, 0.6) is 0 Å². The average molecular weight is 242 g/mol. The van der Waals surface area contributed by atoms with Gasteiger partial charge in [0.1, 0.15) is 5.82 Å². The molecular weight excluding hydrogens is 224 g/mol. The third-order valence-electron chi connectivity index (χ3n) is 4.58. The summed E-state index contributed by atoms with van der Waals surface area (Å²) in [7, 11) is 2.10.